The number of fused-ring (bicyclic) bond motifs is 1. The number of carbonyl (C=O) groups is 3. The summed E-state index contributed by atoms with van der Waals surface area (Å²) in [5, 5.41) is 14.6. The van der Waals surface area contributed by atoms with E-state index in [1.165, 1.54) is 0 Å². The summed E-state index contributed by atoms with van der Waals surface area (Å²) < 4.78 is 0. The van der Waals surface area contributed by atoms with Gasteiger partial charge in [0, 0.05) is 26.2 Å². The van der Waals surface area contributed by atoms with E-state index in [1.54, 1.807) is 30.6 Å². The average Bonchev–Trinajstić information content (AvgIpc) is 2.75. The minimum atomic E-state index is -1.05. The molecule has 118 valence electrons. The number of carboxylic acid groups (broad SMARTS) is 1. The fraction of sp³-hybridized carbons (Fsp3) is 0.769. The van der Waals surface area contributed by atoms with Crippen molar-refractivity contribution in [1.82, 2.24) is 20.4 Å². The normalized spacial score (nSPS) is 23.4. The maximum atomic E-state index is 12.3. The third kappa shape index (κ3) is 3.20. The van der Waals surface area contributed by atoms with Crippen LogP contribution in [0.3, 0.4) is 0 Å². The van der Waals surface area contributed by atoms with Gasteiger partial charge in [-0.3, -0.25) is 0 Å². The van der Waals surface area contributed by atoms with Crippen molar-refractivity contribution in [2.75, 3.05) is 26.2 Å². The molecular formula is C13H22N4O4. The van der Waals surface area contributed by atoms with Crippen LogP contribution < -0.4 is 10.6 Å². The lowest BCUT2D eigenvalue weighted by atomic mass is 9.87. The highest BCUT2D eigenvalue weighted by atomic mass is 16.4. The number of carboxylic acids is 1. The van der Waals surface area contributed by atoms with Gasteiger partial charge in [-0.1, -0.05) is 20.8 Å². The molecule has 0 spiro atoms. The molecule has 0 bridgehead atoms. The SMILES string of the molecule is CC(C)(C)[C@@H](NC(=O)N1CCN2C(=O)NCC2C1)C(=O)O. The Kier molecular flexibility index (Phi) is 3.97. The number of aliphatic carboxylic acids is 1. The molecule has 4 amide bonds. The first-order valence-corrected chi connectivity index (χ1v) is 7.03. The Morgan fingerprint density at radius 1 is 1.38 bits per heavy atom. The summed E-state index contributed by atoms with van der Waals surface area (Å²) >= 11 is 0. The molecule has 2 fully saturated rings. The van der Waals surface area contributed by atoms with E-state index in [2.05, 4.69) is 10.6 Å². The lowest BCUT2D eigenvalue weighted by Crippen LogP contribution is -2.59. The molecule has 2 aliphatic heterocycles. The van der Waals surface area contributed by atoms with Crippen LogP contribution in [0.15, 0.2) is 0 Å². The molecule has 2 saturated heterocycles. The Labute approximate surface area is 123 Å². The van der Waals surface area contributed by atoms with Crippen LogP contribution >= 0.6 is 0 Å². The van der Waals surface area contributed by atoms with E-state index in [-0.39, 0.29) is 12.1 Å². The molecule has 0 aromatic heterocycles. The van der Waals surface area contributed by atoms with E-state index in [9.17, 15) is 19.5 Å². The first-order chi connectivity index (χ1) is 9.70. The third-order valence-corrected chi connectivity index (χ3v) is 3.90. The lowest BCUT2D eigenvalue weighted by molar-refractivity contribution is -0.142. The zero-order valence-electron chi connectivity index (χ0n) is 12.5. The topological polar surface area (TPSA) is 102 Å². The maximum absolute atomic E-state index is 12.3. The largest absolute Gasteiger partial charge is 0.480 e. The van der Waals surface area contributed by atoms with E-state index in [4.69, 9.17) is 0 Å². The van der Waals surface area contributed by atoms with Gasteiger partial charge in [0.05, 0.1) is 6.04 Å². The first-order valence-electron chi connectivity index (χ1n) is 7.03. The molecule has 2 atom stereocenters. The molecule has 2 heterocycles. The number of urea groups is 2. The second-order valence-corrected chi connectivity index (χ2v) is 6.57. The molecule has 8 heteroatoms. The zero-order chi connectivity index (χ0) is 15.8. The minimum Gasteiger partial charge on any atom is -0.480 e. The van der Waals surface area contributed by atoms with E-state index in [1.807, 2.05) is 0 Å². The van der Waals surface area contributed by atoms with E-state index in [0.717, 1.165) is 0 Å². The van der Waals surface area contributed by atoms with Crippen LogP contribution in [0.1, 0.15) is 20.8 Å². The van der Waals surface area contributed by atoms with Gasteiger partial charge >= 0.3 is 18.0 Å². The Balaban J connectivity index is 1.98. The number of nitrogens with one attached hydrogen (secondary N) is 2. The van der Waals surface area contributed by atoms with Crippen molar-refractivity contribution < 1.29 is 19.5 Å². The Morgan fingerprint density at radius 2 is 2.05 bits per heavy atom. The molecule has 2 aliphatic rings. The van der Waals surface area contributed by atoms with Gasteiger partial charge in [0.15, 0.2) is 0 Å². The monoisotopic (exact) mass is 298 g/mol. The second kappa shape index (κ2) is 5.42. The van der Waals surface area contributed by atoms with Gasteiger partial charge in [-0.05, 0) is 5.41 Å². The molecule has 0 aromatic carbocycles. The van der Waals surface area contributed by atoms with Crippen molar-refractivity contribution >= 4 is 18.0 Å². The molecule has 21 heavy (non-hydrogen) atoms. The van der Waals surface area contributed by atoms with Crippen LogP contribution in [0, 0.1) is 5.41 Å². The molecule has 0 saturated carbocycles. The quantitative estimate of drug-likeness (QED) is 0.662. The predicted molar refractivity (Wildman–Crippen MR) is 74.9 cm³/mol. The Morgan fingerprint density at radius 3 is 2.62 bits per heavy atom. The Bertz CT molecular complexity index is 460. The predicted octanol–water partition coefficient (Wildman–Crippen LogP) is -0.0953. The summed E-state index contributed by atoms with van der Waals surface area (Å²) in [5.41, 5.74) is -0.575. The molecule has 2 rings (SSSR count). The molecule has 8 nitrogen and oxygen atoms in total. The summed E-state index contributed by atoms with van der Waals surface area (Å²) in [6.07, 6.45) is 0. The fourth-order valence-corrected chi connectivity index (χ4v) is 2.65. The number of hydrogen-bond acceptors (Lipinski definition) is 3. The summed E-state index contributed by atoms with van der Waals surface area (Å²) in [4.78, 5) is 38.3. The van der Waals surface area contributed by atoms with E-state index >= 15 is 0 Å². The maximum Gasteiger partial charge on any atom is 0.326 e. The summed E-state index contributed by atoms with van der Waals surface area (Å²) in [7, 11) is 0. The van der Waals surface area contributed by atoms with Gasteiger partial charge in [-0.25, -0.2) is 14.4 Å². The summed E-state index contributed by atoms with van der Waals surface area (Å²) in [6, 6.07) is -1.48. The number of piperazine rings is 1. The van der Waals surface area contributed by atoms with Gasteiger partial charge < -0.3 is 25.5 Å². The second-order valence-electron chi connectivity index (χ2n) is 6.57. The van der Waals surface area contributed by atoms with Crippen LogP contribution in [-0.2, 0) is 4.79 Å². The number of carbonyl (C=O) groups excluding carboxylic acids is 2. The highest BCUT2D eigenvalue weighted by molar-refractivity contribution is 5.83. The van der Waals surface area contributed by atoms with Gasteiger partial charge in [0.2, 0.25) is 0 Å². The minimum absolute atomic E-state index is 0.0325. The van der Waals surface area contributed by atoms with Gasteiger partial charge in [0.1, 0.15) is 6.04 Å². The van der Waals surface area contributed by atoms with Crippen LogP contribution in [0.2, 0.25) is 0 Å². The fourth-order valence-electron chi connectivity index (χ4n) is 2.65. The highest BCUT2D eigenvalue weighted by Gasteiger charge is 2.39. The zero-order valence-corrected chi connectivity index (χ0v) is 12.5. The standard InChI is InChI=1S/C13H22N4O4/c1-13(2,3)9(10(18)19)15-12(21)16-4-5-17-8(7-16)6-14-11(17)20/h8-9H,4-7H2,1-3H3,(H,14,20)(H,15,21)(H,18,19)/t8?,9-/m0/s1. The van der Waals surface area contributed by atoms with Crippen molar-refractivity contribution in [3.05, 3.63) is 0 Å². The Hall–Kier alpha value is -1.99. The summed E-state index contributed by atoms with van der Waals surface area (Å²) in [5.74, 6) is -1.05. The number of amides is 4. The van der Waals surface area contributed by atoms with Crippen LogP contribution in [0.4, 0.5) is 9.59 Å². The van der Waals surface area contributed by atoms with Crippen molar-refractivity contribution in [3.8, 4) is 0 Å². The van der Waals surface area contributed by atoms with Crippen molar-refractivity contribution in [3.63, 3.8) is 0 Å². The van der Waals surface area contributed by atoms with Crippen LogP contribution in [0.25, 0.3) is 0 Å². The van der Waals surface area contributed by atoms with Crippen LogP contribution in [0.5, 0.6) is 0 Å². The smallest absolute Gasteiger partial charge is 0.326 e. The molecule has 3 N–H and O–H groups in total. The highest BCUT2D eigenvalue weighted by Crippen LogP contribution is 2.20. The number of nitrogens with zero attached hydrogens (tertiary/aromatic N) is 2. The van der Waals surface area contributed by atoms with Crippen molar-refractivity contribution in [2.45, 2.75) is 32.9 Å². The molecule has 0 aliphatic carbocycles. The molecular weight excluding hydrogens is 276 g/mol. The van der Waals surface area contributed by atoms with Gasteiger partial charge in [-0.15, -0.1) is 0 Å². The summed E-state index contributed by atoms with van der Waals surface area (Å²) in [6.45, 7) is 7.12. The van der Waals surface area contributed by atoms with Crippen LogP contribution in [-0.4, -0.2) is 71.2 Å². The first kappa shape index (κ1) is 15.4. The lowest BCUT2D eigenvalue weighted by Gasteiger charge is -2.38. The van der Waals surface area contributed by atoms with Crippen molar-refractivity contribution in [1.29, 1.82) is 0 Å². The van der Waals surface area contributed by atoms with Crippen molar-refractivity contribution in [2.24, 2.45) is 5.41 Å². The van der Waals surface area contributed by atoms with Gasteiger partial charge in [0.25, 0.3) is 0 Å². The third-order valence-electron chi connectivity index (χ3n) is 3.90. The van der Waals surface area contributed by atoms with E-state index < -0.39 is 23.5 Å². The molecule has 0 aromatic rings. The number of hydrogen-bond donors (Lipinski definition) is 3. The van der Waals surface area contributed by atoms with E-state index in [0.29, 0.717) is 26.2 Å². The number of rotatable bonds is 2. The van der Waals surface area contributed by atoms with Gasteiger partial charge in [-0.2, -0.15) is 0 Å². The average molecular weight is 298 g/mol. The molecule has 1 unspecified atom stereocenters. The molecule has 0 radical (unpaired) electrons.